The molecule has 206 valence electrons. The van der Waals surface area contributed by atoms with E-state index in [1.165, 1.54) is 25.7 Å². The molecule has 0 amide bonds. The first kappa shape index (κ1) is 31.9. The zero-order chi connectivity index (χ0) is 23.5. The van der Waals surface area contributed by atoms with Gasteiger partial charge in [0.25, 0.3) is 0 Å². The number of piperidine rings is 1. The van der Waals surface area contributed by atoms with E-state index in [0.29, 0.717) is 0 Å². The fourth-order valence-electron chi connectivity index (χ4n) is 4.90. The molecule has 2 aliphatic rings. The second kappa shape index (κ2) is 14.8. The molecule has 1 saturated carbocycles. The van der Waals surface area contributed by atoms with Crippen LogP contribution in [-0.2, 0) is 19.5 Å². The van der Waals surface area contributed by atoms with Gasteiger partial charge in [-0.15, -0.1) is 37.2 Å². The highest BCUT2D eigenvalue weighted by atomic mass is 35.5. The van der Waals surface area contributed by atoms with Gasteiger partial charge >= 0.3 is 0 Å². The van der Waals surface area contributed by atoms with Gasteiger partial charge in [-0.25, -0.2) is 0 Å². The lowest BCUT2D eigenvalue weighted by Crippen LogP contribution is -2.33. The summed E-state index contributed by atoms with van der Waals surface area (Å²) in [6.45, 7) is 4.67. The molecule has 3 heterocycles. The van der Waals surface area contributed by atoms with Crippen LogP contribution in [0.1, 0.15) is 49.1 Å². The molecule has 1 aliphatic heterocycles. The van der Waals surface area contributed by atoms with Crippen molar-refractivity contribution < 1.29 is 9.26 Å². The van der Waals surface area contributed by atoms with Crippen LogP contribution in [0.5, 0.6) is 5.75 Å². The fraction of sp³-hybridized carbons (Fsp3) is 0.556. The molecule has 10 heteroatoms. The average molecular weight is 592 g/mol. The van der Waals surface area contributed by atoms with Gasteiger partial charge in [0.15, 0.2) is 5.58 Å². The lowest BCUT2D eigenvalue weighted by Gasteiger charge is -2.31. The zero-order valence-electron chi connectivity index (χ0n) is 21.5. The molecule has 1 aliphatic carbocycles. The highest BCUT2D eigenvalue weighted by molar-refractivity contribution is 6.30. The van der Waals surface area contributed by atoms with Crippen molar-refractivity contribution in [3.63, 3.8) is 0 Å². The predicted octanol–water partition coefficient (Wildman–Crippen LogP) is 6.84. The number of aromatic nitrogens is 2. The third kappa shape index (κ3) is 8.61. The van der Waals surface area contributed by atoms with E-state index in [1.807, 2.05) is 12.1 Å². The van der Waals surface area contributed by atoms with Crippen molar-refractivity contribution in [2.24, 2.45) is 11.8 Å². The van der Waals surface area contributed by atoms with Crippen molar-refractivity contribution in [3.8, 4) is 5.75 Å². The molecule has 0 N–H and O–H groups in total. The molecule has 0 radical (unpaired) electrons. The lowest BCUT2D eigenvalue weighted by molar-refractivity contribution is 0.170. The molecule has 2 aromatic heterocycles. The summed E-state index contributed by atoms with van der Waals surface area (Å²) in [5.74, 6) is 2.39. The lowest BCUT2D eigenvalue weighted by atomic mass is 9.91. The maximum Gasteiger partial charge on any atom is 0.175 e. The summed E-state index contributed by atoms with van der Waals surface area (Å²) in [5, 5.41) is 6.39. The maximum atomic E-state index is 6.16. The molecule has 2 fully saturated rings. The largest absolute Gasteiger partial charge is 0.493 e. The molecule has 0 spiro atoms. The number of nitrogens with zero attached hydrogens (tertiary/aromatic N) is 4. The monoisotopic (exact) mass is 590 g/mol. The molecule has 0 bridgehead atoms. The SMILES string of the molecule is CN(C)Cc1c(OCC2CC2)ccc2c(CCC3CCN(Cc4cc(Cl)ccn4)CC3)noc12.Cl.Cl.Cl. The number of hydrogen-bond donors (Lipinski definition) is 0. The smallest absolute Gasteiger partial charge is 0.175 e. The minimum absolute atomic E-state index is 0. The van der Waals surface area contributed by atoms with Gasteiger partial charge < -0.3 is 14.2 Å². The van der Waals surface area contributed by atoms with Crippen LogP contribution in [-0.4, -0.2) is 53.7 Å². The summed E-state index contributed by atoms with van der Waals surface area (Å²) in [6.07, 6.45) is 8.88. The Balaban J connectivity index is 0.00000160. The molecule has 1 saturated heterocycles. The number of halogens is 4. The molecule has 0 unspecified atom stereocenters. The van der Waals surface area contributed by atoms with Gasteiger partial charge in [0, 0.05) is 29.7 Å². The van der Waals surface area contributed by atoms with Crippen molar-refractivity contribution in [2.45, 2.75) is 51.6 Å². The number of fused-ring (bicyclic) bond motifs is 1. The molecule has 37 heavy (non-hydrogen) atoms. The maximum absolute atomic E-state index is 6.16. The minimum Gasteiger partial charge on any atom is -0.493 e. The minimum atomic E-state index is 0. The molecule has 0 atom stereocenters. The molecular weight excluding hydrogens is 554 g/mol. The van der Waals surface area contributed by atoms with E-state index >= 15 is 0 Å². The average Bonchev–Trinajstić information content (AvgIpc) is 3.56. The van der Waals surface area contributed by atoms with Gasteiger partial charge in [0.1, 0.15) is 5.75 Å². The summed E-state index contributed by atoms with van der Waals surface area (Å²) in [6, 6.07) is 8.06. The molecule has 3 aromatic rings. The quantitative estimate of drug-likeness (QED) is 0.257. The number of hydrogen-bond acceptors (Lipinski definition) is 6. The van der Waals surface area contributed by atoms with Crippen LogP contribution >= 0.6 is 48.8 Å². The second-order valence-electron chi connectivity index (χ2n) is 10.3. The summed E-state index contributed by atoms with van der Waals surface area (Å²) >= 11 is 6.11. The van der Waals surface area contributed by atoms with Gasteiger partial charge in [-0.05, 0) is 102 Å². The number of ether oxygens (including phenoxy) is 1. The van der Waals surface area contributed by atoms with E-state index in [1.54, 1.807) is 6.20 Å². The van der Waals surface area contributed by atoms with Crippen LogP contribution in [0.25, 0.3) is 11.0 Å². The van der Waals surface area contributed by atoms with E-state index < -0.39 is 0 Å². The van der Waals surface area contributed by atoms with Crippen molar-refractivity contribution >= 4 is 59.8 Å². The summed E-state index contributed by atoms with van der Waals surface area (Å²) < 4.78 is 12.1. The molecule has 5 rings (SSSR count). The predicted molar refractivity (Wildman–Crippen MR) is 157 cm³/mol. The number of pyridine rings is 1. The second-order valence-corrected chi connectivity index (χ2v) is 10.7. The van der Waals surface area contributed by atoms with E-state index in [2.05, 4.69) is 46.2 Å². The topological polar surface area (TPSA) is 54.6 Å². The Kier molecular flexibility index (Phi) is 12.7. The van der Waals surface area contributed by atoms with Gasteiger partial charge in [-0.3, -0.25) is 9.88 Å². The van der Waals surface area contributed by atoms with Gasteiger partial charge in [0.05, 0.1) is 23.6 Å². The third-order valence-corrected chi connectivity index (χ3v) is 7.32. The third-order valence-electron chi connectivity index (χ3n) is 7.08. The molecule has 1 aromatic carbocycles. The Bertz CT molecular complexity index is 1110. The fourth-order valence-corrected chi connectivity index (χ4v) is 5.09. The Hall–Kier alpha value is -1.28. The standard InChI is InChI=1S/C27H35ClN4O2.3ClH/c1-31(2)17-24-26(33-18-20-3-4-20)8-6-23-25(30-34-27(23)24)7-5-19-10-13-32(14-11-19)16-22-15-21(28)9-12-29-22;;;/h6,8-9,12,15,19-20H,3-5,7,10-11,13-14,16-18H2,1-2H3;3*1H. The van der Waals surface area contributed by atoms with Crippen LogP contribution in [0, 0.1) is 11.8 Å². The van der Waals surface area contributed by atoms with Crippen molar-refractivity contribution in [1.82, 2.24) is 19.9 Å². The summed E-state index contributed by atoms with van der Waals surface area (Å²) in [4.78, 5) is 9.09. The number of aryl methyl sites for hydroxylation is 1. The first-order chi connectivity index (χ1) is 16.5. The van der Waals surface area contributed by atoms with Gasteiger partial charge in [-0.2, -0.15) is 0 Å². The van der Waals surface area contributed by atoms with Crippen molar-refractivity contribution in [3.05, 3.63) is 52.4 Å². The van der Waals surface area contributed by atoms with E-state index in [-0.39, 0.29) is 37.2 Å². The van der Waals surface area contributed by atoms with E-state index in [9.17, 15) is 0 Å². The van der Waals surface area contributed by atoms with Crippen LogP contribution in [0.2, 0.25) is 5.02 Å². The highest BCUT2D eigenvalue weighted by Gasteiger charge is 2.25. The highest BCUT2D eigenvalue weighted by Crippen LogP contribution is 2.35. The molecular formula is C27H38Cl4N4O2. The first-order valence-corrected chi connectivity index (χ1v) is 12.9. The van der Waals surface area contributed by atoms with Crippen LogP contribution in [0.15, 0.2) is 35.0 Å². The first-order valence-electron chi connectivity index (χ1n) is 12.6. The Morgan fingerprint density at radius 1 is 1.05 bits per heavy atom. The van der Waals surface area contributed by atoms with E-state index in [4.69, 9.17) is 20.9 Å². The summed E-state index contributed by atoms with van der Waals surface area (Å²) in [7, 11) is 4.16. The molecule has 6 nitrogen and oxygen atoms in total. The number of benzene rings is 1. The van der Waals surface area contributed by atoms with Gasteiger partial charge in [-0.1, -0.05) is 16.8 Å². The van der Waals surface area contributed by atoms with Crippen LogP contribution in [0.3, 0.4) is 0 Å². The van der Waals surface area contributed by atoms with Crippen molar-refractivity contribution in [2.75, 3.05) is 33.8 Å². The number of likely N-dealkylation sites (tertiary alicyclic amines) is 1. The Morgan fingerprint density at radius 2 is 1.81 bits per heavy atom. The Labute approximate surface area is 243 Å². The normalized spacial score (nSPS) is 16.2. The Morgan fingerprint density at radius 3 is 2.49 bits per heavy atom. The van der Waals surface area contributed by atoms with Crippen molar-refractivity contribution in [1.29, 1.82) is 0 Å². The van der Waals surface area contributed by atoms with Crippen LogP contribution < -0.4 is 4.74 Å². The number of rotatable bonds is 10. The van der Waals surface area contributed by atoms with Crippen LogP contribution in [0.4, 0.5) is 0 Å². The van der Waals surface area contributed by atoms with E-state index in [0.717, 1.165) is 96.2 Å². The van der Waals surface area contributed by atoms with Gasteiger partial charge in [0.2, 0.25) is 0 Å². The zero-order valence-corrected chi connectivity index (χ0v) is 24.7. The summed E-state index contributed by atoms with van der Waals surface area (Å²) in [5.41, 5.74) is 4.13.